The highest BCUT2D eigenvalue weighted by Gasteiger charge is 2.53. The second-order valence-corrected chi connectivity index (χ2v) is 7.94. The quantitative estimate of drug-likeness (QED) is 0.866. The van der Waals surface area contributed by atoms with E-state index in [1.54, 1.807) is 4.90 Å². The van der Waals surface area contributed by atoms with Crippen LogP contribution in [0.1, 0.15) is 60.8 Å². The van der Waals surface area contributed by atoms with E-state index < -0.39 is 5.54 Å². The van der Waals surface area contributed by atoms with Crippen molar-refractivity contribution in [2.45, 2.75) is 57.5 Å². The topological polar surface area (TPSA) is 69.3 Å². The lowest BCUT2D eigenvalue weighted by atomic mass is 9.85. The van der Waals surface area contributed by atoms with Crippen LogP contribution in [-0.4, -0.2) is 50.4 Å². The molecule has 0 aliphatic carbocycles. The minimum Gasteiger partial charge on any atom is -0.336 e. The summed E-state index contributed by atoms with van der Waals surface area (Å²) in [5.41, 5.74) is 1.83. The Bertz CT molecular complexity index is 847. The second-order valence-electron chi connectivity index (χ2n) is 7.94. The number of rotatable bonds is 5. The second kappa shape index (κ2) is 7.78. The highest BCUT2D eigenvalue weighted by Crippen LogP contribution is 2.39. The van der Waals surface area contributed by atoms with E-state index in [2.05, 4.69) is 17.1 Å². The van der Waals surface area contributed by atoms with Gasteiger partial charge in [0.1, 0.15) is 11.2 Å². The Morgan fingerprint density at radius 3 is 2.68 bits per heavy atom. The molecule has 4 rings (SSSR count). The van der Waals surface area contributed by atoms with Gasteiger partial charge < -0.3 is 9.80 Å². The minimum atomic E-state index is -0.700. The first-order chi connectivity index (χ1) is 13.6. The van der Waals surface area contributed by atoms with Crippen molar-refractivity contribution < 1.29 is 9.59 Å². The molecule has 2 aliphatic heterocycles. The van der Waals surface area contributed by atoms with Crippen molar-refractivity contribution in [2.75, 3.05) is 13.1 Å². The average Bonchev–Trinajstić information content (AvgIpc) is 3.34. The lowest BCUT2D eigenvalue weighted by molar-refractivity contribution is -0.146. The highest BCUT2D eigenvalue weighted by atomic mass is 16.2. The molecule has 6 nitrogen and oxygen atoms in total. The maximum absolute atomic E-state index is 13.5. The van der Waals surface area contributed by atoms with E-state index in [1.807, 2.05) is 41.3 Å². The number of likely N-dealkylation sites (tertiary alicyclic amines) is 2. The van der Waals surface area contributed by atoms with Crippen molar-refractivity contribution in [3.05, 3.63) is 53.3 Å². The fourth-order valence-electron chi connectivity index (χ4n) is 4.68. The molecule has 3 heterocycles. The number of carbonyl (C=O) groups excluding carboxylic acids is 2. The van der Waals surface area contributed by atoms with Crippen molar-refractivity contribution in [1.29, 1.82) is 0 Å². The van der Waals surface area contributed by atoms with Gasteiger partial charge in [-0.3, -0.25) is 14.7 Å². The molecule has 28 heavy (non-hydrogen) atoms. The van der Waals surface area contributed by atoms with Gasteiger partial charge in [0.25, 0.3) is 5.91 Å². The Labute approximate surface area is 165 Å². The zero-order valence-electron chi connectivity index (χ0n) is 16.5. The van der Waals surface area contributed by atoms with E-state index in [0.717, 1.165) is 56.3 Å². The zero-order chi connectivity index (χ0) is 19.6. The Hall–Kier alpha value is -2.63. The maximum atomic E-state index is 13.5. The van der Waals surface area contributed by atoms with Gasteiger partial charge in [-0.1, -0.05) is 43.7 Å². The highest BCUT2D eigenvalue weighted by molar-refractivity contribution is 5.99. The largest absolute Gasteiger partial charge is 0.336 e. The van der Waals surface area contributed by atoms with Gasteiger partial charge in [0.05, 0.1) is 0 Å². The molecule has 0 radical (unpaired) electrons. The average molecular weight is 380 g/mol. The molecular weight excluding hydrogens is 352 g/mol. The molecular formula is C22H28N4O2. The SMILES string of the molecule is CCCc1cc(C(=O)N2CCCC23CCCN(Cc2ccccc2)C3=O)n[nH]1. The lowest BCUT2D eigenvalue weighted by Crippen LogP contribution is -2.61. The molecule has 6 heteroatoms. The molecule has 2 aromatic rings. The van der Waals surface area contributed by atoms with Gasteiger partial charge in [0.15, 0.2) is 0 Å². The molecule has 1 aromatic heterocycles. The first-order valence-corrected chi connectivity index (χ1v) is 10.3. The Morgan fingerprint density at radius 1 is 1.18 bits per heavy atom. The van der Waals surface area contributed by atoms with Crippen LogP contribution in [0.3, 0.4) is 0 Å². The summed E-state index contributed by atoms with van der Waals surface area (Å²) < 4.78 is 0. The molecule has 1 spiro atoms. The molecule has 0 bridgehead atoms. The fraction of sp³-hybridized carbons (Fsp3) is 0.500. The van der Waals surface area contributed by atoms with Crippen LogP contribution < -0.4 is 0 Å². The molecule has 1 N–H and O–H groups in total. The summed E-state index contributed by atoms with van der Waals surface area (Å²) in [5, 5.41) is 7.19. The number of H-pyrrole nitrogens is 1. The number of hydrogen-bond donors (Lipinski definition) is 1. The van der Waals surface area contributed by atoms with Crippen LogP contribution in [-0.2, 0) is 17.8 Å². The normalized spacial score (nSPS) is 22.2. The Morgan fingerprint density at radius 2 is 1.93 bits per heavy atom. The smallest absolute Gasteiger partial charge is 0.275 e. The predicted octanol–water partition coefficient (Wildman–Crippen LogP) is 3.16. The monoisotopic (exact) mass is 380 g/mol. The Balaban J connectivity index is 1.56. The summed E-state index contributed by atoms with van der Waals surface area (Å²) in [6, 6.07) is 11.9. The van der Waals surface area contributed by atoms with Crippen LogP contribution in [0.5, 0.6) is 0 Å². The van der Waals surface area contributed by atoms with Crippen LogP contribution in [0, 0.1) is 0 Å². The van der Waals surface area contributed by atoms with Crippen LogP contribution in [0.15, 0.2) is 36.4 Å². The number of aromatic amines is 1. The van der Waals surface area contributed by atoms with Crippen LogP contribution in [0.25, 0.3) is 0 Å². The lowest BCUT2D eigenvalue weighted by Gasteiger charge is -2.44. The molecule has 2 aliphatic rings. The molecule has 2 saturated heterocycles. The third-order valence-electron chi connectivity index (χ3n) is 6.02. The number of carbonyl (C=O) groups is 2. The van der Waals surface area contributed by atoms with E-state index in [1.165, 1.54) is 0 Å². The van der Waals surface area contributed by atoms with E-state index in [0.29, 0.717) is 18.8 Å². The van der Waals surface area contributed by atoms with E-state index >= 15 is 0 Å². The summed E-state index contributed by atoms with van der Waals surface area (Å²) in [6.45, 7) is 4.08. The molecule has 148 valence electrons. The molecule has 2 amide bonds. The van der Waals surface area contributed by atoms with Crippen molar-refractivity contribution >= 4 is 11.8 Å². The van der Waals surface area contributed by atoms with Gasteiger partial charge in [-0.25, -0.2) is 0 Å². The molecule has 1 aromatic carbocycles. The van der Waals surface area contributed by atoms with Crippen molar-refractivity contribution in [3.8, 4) is 0 Å². The molecule has 1 atom stereocenters. The molecule has 1 unspecified atom stereocenters. The van der Waals surface area contributed by atoms with Gasteiger partial charge >= 0.3 is 0 Å². The standard InChI is InChI=1S/C22H28N4O2/c1-2-8-18-15-19(24-23-18)20(27)26-14-7-12-22(26)11-6-13-25(21(22)28)16-17-9-4-3-5-10-17/h3-5,9-10,15H,2,6-8,11-14,16H2,1H3,(H,23,24). The zero-order valence-corrected chi connectivity index (χ0v) is 16.5. The van der Waals surface area contributed by atoms with Gasteiger partial charge in [0.2, 0.25) is 5.91 Å². The fourth-order valence-corrected chi connectivity index (χ4v) is 4.68. The number of aromatic nitrogens is 2. The molecule has 2 fully saturated rings. The number of amides is 2. The van der Waals surface area contributed by atoms with Crippen molar-refractivity contribution in [3.63, 3.8) is 0 Å². The third kappa shape index (κ3) is 3.32. The van der Waals surface area contributed by atoms with Crippen molar-refractivity contribution in [1.82, 2.24) is 20.0 Å². The van der Waals surface area contributed by atoms with Gasteiger partial charge in [-0.2, -0.15) is 5.10 Å². The van der Waals surface area contributed by atoms with Gasteiger partial charge in [-0.15, -0.1) is 0 Å². The van der Waals surface area contributed by atoms with Crippen LogP contribution >= 0.6 is 0 Å². The Kier molecular flexibility index (Phi) is 5.20. The van der Waals surface area contributed by atoms with E-state index in [9.17, 15) is 9.59 Å². The van der Waals surface area contributed by atoms with Crippen LogP contribution in [0.4, 0.5) is 0 Å². The minimum absolute atomic E-state index is 0.0952. The predicted molar refractivity (Wildman–Crippen MR) is 107 cm³/mol. The number of nitrogens with one attached hydrogen (secondary N) is 1. The summed E-state index contributed by atoms with van der Waals surface area (Å²) in [6.07, 6.45) is 5.14. The number of aryl methyl sites for hydroxylation is 1. The van der Waals surface area contributed by atoms with Crippen LogP contribution in [0.2, 0.25) is 0 Å². The summed E-state index contributed by atoms with van der Waals surface area (Å²) in [4.78, 5) is 30.5. The third-order valence-corrected chi connectivity index (χ3v) is 6.02. The first kappa shape index (κ1) is 18.7. The first-order valence-electron chi connectivity index (χ1n) is 10.3. The van der Waals surface area contributed by atoms with Gasteiger partial charge in [-0.05, 0) is 43.7 Å². The van der Waals surface area contributed by atoms with Gasteiger partial charge in [0, 0.05) is 25.3 Å². The van der Waals surface area contributed by atoms with Crippen molar-refractivity contribution in [2.24, 2.45) is 0 Å². The number of nitrogens with zero attached hydrogens (tertiary/aromatic N) is 3. The van der Waals surface area contributed by atoms with E-state index in [-0.39, 0.29) is 11.8 Å². The summed E-state index contributed by atoms with van der Waals surface area (Å²) >= 11 is 0. The summed E-state index contributed by atoms with van der Waals surface area (Å²) in [7, 11) is 0. The maximum Gasteiger partial charge on any atom is 0.275 e. The molecule has 0 saturated carbocycles. The number of hydrogen-bond acceptors (Lipinski definition) is 3. The number of piperidine rings is 1. The number of benzene rings is 1. The summed E-state index contributed by atoms with van der Waals surface area (Å²) in [5.74, 6) is -0.0243. The van der Waals surface area contributed by atoms with E-state index in [4.69, 9.17) is 0 Å².